The summed E-state index contributed by atoms with van der Waals surface area (Å²) in [5, 5.41) is 0. The number of benzene rings is 1. The average Bonchev–Trinajstić information content (AvgIpc) is 2.86. The van der Waals surface area contributed by atoms with E-state index >= 15 is 0 Å². The molecule has 0 spiro atoms. The van der Waals surface area contributed by atoms with Crippen molar-refractivity contribution in [3.05, 3.63) is 35.9 Å². The molecule has 1 aromatic rings. The fourth-order valence-electron chi connectivity index (χ4n) is 2.64. The lowest BCUT2D eigenvalue weighted by molar-refractivity contribution is -0.159. The standard InChI is InChI=1S/C18H25NO4/c1-13-10-15(16(20)23-18(2,3)4)19(11-13)17(21)22-12-14-8-6-5-7-9-14/h5-9,13,15H,10-12H2,1-4H3/t13-,15-/m0/s1. The minimum atomic E-state index is -0.567. The van der Waals surface area contributed by atoms with Gasteiger partial charge in [0.15, 0.2) is 0 Å². The Morgan fingerprint density at radius 2 is 1.87 bits per heavy atom. The minimum absolute atomic E-state index is 0.200. The second-order valence-corrected chi connectivity index (χ2v) is 7.08. The van der Waals surface area contributed by atoms with Crippen LogP contribution in [0.15, 0.2) is 30.3 Å². The van der Waals surface area contributed by atoms with Crippen LogP contribution in [0.25, 0.3) is 0 Å². The number of hydrogen-bond acceptors (Lipinski definition) is 4. The van der Waals surface area contributed by atoms with E-state index in [9.17, 15) is 9.59 Å². The van der Waals surface area contributed by atoms with Gasteiger partial charge in [0.1, 0.15) is 18.2 Å². The Labute approximate surface area is 137 Å². The first-order valence-electron chi connectivity index (χ1n) is 7.96. The van der Waals surface area contributed by atoms with Crippen LogP contribution in [0.1, 0.15) is 39.7 Å². The van der Waals surface area contributed by atoms with Crippen molar-refractivity contribution in [2.24, 2.45) is 5.92 Å². The predicted octanol–water partition coefficient (Wildman–Crippen LogP) is 3.38. The number of ether oxygens (including phenoxy) is 2. The van der Waals surface area contributed by atoms with E-state index in [4.69, 9.17) is 9.47 Å². The third-order valence-corrected chi connectivity index (χ3v) is 3.63. The number of rotatable bonds is 3. The lowest BCUT2D eigenvalue weighted by Gasteiger charge is -2.26. The largest absolute Gasteiger partial charge is 0.458 e. The molecule has 1 aliphatic heterocycles. The molecule has 1 aliphatic rings. The highest BCUT2D eigenvalue weighted by Crippen LogP contribution is 2.26. The van der Waals surface area contributed by atoms with Gasteiger partial charge in [0.05, 0.1) is 0 Å². The van der Waals surface area contributed by atoms with E-state index in [0.29, 0.717) is 13.0 Å². The summed E-state index contributed by atoms with van der Waals surface area (Å²) in [6, 6.07) is 8.92. The smallest absolute Gasteiger partial charge is 0.410 e. The molecule has 0 aromatic heterocycles. The molecule has 0 aliphatic carbocycles. The Hall–Kier alpha value is -2.04. The third kappa shape index (κ3) is 4.98. The molecule has 2 atom stereocenters. The van der Waals surface area contributed by atoms with Crippen LogP contribution in [-0.4, -0.2) is 35.2 Å². The molecule has 5 heteroatoms. The molecule has 5 nitrogen and oxygen atoms in total. The van der Waals surface area contributed by atoms with Gasteiger partial charge < -0.3 is 9.47 Å². The molecule has 0 N–H and O–H groups in total. The Morgan fingerprint density at radius 3 is 2.48 bits per heavy atom. The van der Waals surface area contributed by atoms with Crippen LogP contribution in [-0.2, 0) is 20.9 Å². The van der Waals surface area contributed by atoms with Crippen LogP contribution in [0.3, 0.4) is 0 Å². The Bertz CT molecular complexity index is 550. The number of amides is 1. The van der Waals surface area contributed by atoms with Gasteiger partial charge in [-0.3, -0.25) is 4.90 Å². The first-order chi connectivity index (χ1) is 10.8. The summed E-state index contributed by atoms with van der Waals surface area (Å²) in [5.74, 6) is -0.115. The predicted molar refractivity (Wildman–Crippen MR) is 86.7 cm³/mol. The van der Waals surface area contributed by atoms with E-state index in [1.807, 2.05) is 58.0 Å². The molecule has 1 amide bonds. The maximum Gasteiger partial charge on any atom is 0.410 e. The van der Waals surface area contributed by atoms with Gasteiger partial charge in [-0.2, -0.15) is 0 Å². The van der Waals surface area contributed by atoms with Gasteiger partial charge in [-0.1, -0.05) is 37.3 Å². The van der Waals surface area contributed by atoms with Crippen LogP contribution in [0.2, 0.25) is 0 Å². The van der Waals surface area contributed by atoms with E-state index in [-0.39, 0.29) is 18.5 Å². The molecule has 23 heavy (non-hydrogen) atoms. The van der Waals surface area contributed by atoms with Crippen molar-refractivity contribution in [2.45, 2.75) is 52.4 Å². The number of hydrogen-bond donors (Lipinski definition) is 0. The average molecular weight is 319 g/mol. The van der Waals surface area contributed by atoms with E-state index in [0.717, 1.165) is 5.56 Å². The highest BCUT2D eigenvalue weighted by molar-refractivity contribution is 5.82. The van der Waals surface area contributed by atoms with Gasteiger partial charge in [0, 0.05) is 6.54 Å². The van der Waals surface area contributed by atoms with Gasteiger partial charge in [-0.25, -0.2) is 9.59 Å². The molecule has 1 aromatic carbocycles. The van der Waals surface area contributed by atoms with Crippen LogP contribution in [0.5, 0.6) is 0 Å². The molecule has 0 radical (unpaired) electrons. The van der Waals surface area contributed by atoms with Crippen LogP contribution in [0.4, 0.5) is 4.79 Å². The quantitative estimate of drug-likeness (QED) is 0.802. The molecule has 1 fully saturated rings. The van der Waals surface area contributed by atoms with Crippen LogP contribution >= 0.6 is 0 Å². The number of esters is 1. The zero-order valence-corrected chi connectivity index (χ0v) is 14.2. The first kappa shape index (κ1) is 17.3. The van der Waals surface area contributed by atoms with Crippen molar-refractivity contribution in [1.82, 2.24) is 4.90 Å². The fraction of sp³-hybridized carbons (Fsp3) is 0.556. The van der Waals surface area contributed by atoms with Crippen molar-refractivity contribution in [3.8, 4) is 0 Å². The van der Waals surface area contributed by atoms with Crippen molar-refractivity contribution in [2.75, 3.05) is 6.54 Å². The summed E-state index contributed by atoms with van der Waals surface area (Å²) in [6.45, 7) is 8.19. The van der Waals surface area contributed by atoms with E-state index < -0.39 is 17.7 Å². The Balaban J connectivity index is 1.98. The SMILES string of the molecule is C[C@H]1C[C@@H](C(=O)OC(C)(C)C)N(C(=O)OCc2ccccc2)C1. The molecule has 126 valence electrons. The zero-order chi connectivity index (χ0) is 17.0. The van der Waals surface area contributed by atoms with Gasteiger partial charge >= 0.3 is 12.1 Å². The summed E-state index contributed by atoms with van der Waals surface area (Å²) < 4.78 is 10.8. The van der Waals surface area contributed by atoms with E-state index in [2.05, 4.69) is 0 Å². The van der Waals surface area contributed by atoms with Crippen LogP contribution < -0.4 is 0 Å². The third-order valence-electron chi connectivity index (χ3n) is 3.63. The minimum Gasteiger partial charge on any atom is -0.458 e. The Morgan fingerprint density at radius 1 is 1.22 bits per heavy atom. The van der Waals surface area contributed by atoms with Gasteiger partial charge in [0.25, 0.3) is 0 Å². The highest BCUT2D eigenvalue weighted by Gasteiger charge is 2.40. The summed E-state index contributed by atoms with van der Waals surface area (Å²) in [5.41, 5.74) is 0.351. The monoisotopic (exact) mass is 319 g/mol. The molecule has 0 saturated carbocycles. The molecule has 0 bridgehead atoms. The lowest BCUT2D eigenvalue weighted by Crippen LogP contribution is -2.43. The van der Waals surface area contributed by atoms with Crippen molar-refractivity contribution in [3.63, 3.8) is 0 Å². The van der Waals surface area contributed by atoms with Crippen molar-refractivity contribution in [1.29, 1.82) is 0 Å². The first-order valence-corrected chi connectivity index (χ1v) is 7.96. The second kappa shape index (κ2) is 7.02. The lowest BCUT2D eigenvalue weighted by atomic mass is 10.1. The summed E-state index contributed by atoms with van der Waals surface area (Å²) in [4.78, 5) is 26.2. The van der Waals surface area contributed by atoms with Gasteiger partial charge in [0.2, 0.25) is 0 Å². The van der Waals surface area contributed by atoms with E-state index in [1.54, 1.807) is 0 Å². The maximum absolute atomic E-state index is 12.3. The molecule has 1 heterocycles. The van der Waals surface area contributed by atoms with E-state index in [1.165, 1.54) is 4.90 Å². The number of carbonyl (C=O) groups excluding carboxylic acids is 2. The van der Waals surface area contributed by atoms with Crippen LogP contribution in [0, 0.1) is 5.92 Å². The summed E-state index contributed by atoms with van der Waals surface area (Å²) in [6.07, 6.45) is 0.143. The topological polar surface area (TPSA) is 55.8 Å². The summed E-state index contributed by atoms with van der Waals surface area (Å²) in [7, 11) is 0. The number of carbonyl (C=O) groups is 2. The number of nitrogens with zero attached hydrogens (tertiary/aromatic N) is 1. The molecular formula is C18H25NO4. The van der Waals surface area contributed by atoms with Gasteiger partial charge in [-0.15, -0.1) is 0 Å². The Kier molecular flexibility index (Phi) is 5.29. The highest BCUT2D eigenvalue weighted by atomic mass is 16.6. The summed E-state index contributed by atoms with van der Waals surface area (Å²) >= 11 is 0. The molecule has 1 saturated heterocycles. The zero-order valence-electron chi connectivity index (χ0n) is 14.2. The van der Waals surface area contributed by atoms with Crippen molar-refractivity contribution < 1.29 is 19.1 Å². The molecule has 2 rings (SSSR count). The maximum atomic E-state index is 12.3. The second-order valence-electron chi connectivity index (χ2n) is 7.08. The normalized spacial score (nSPS) is 21.1. The molecule has 0 unspecified atom stereocenters. The van der Waals surface area contributed by atoms with Crippen molar-refractivity contribution >= 4 is 12.1 Å². The fourth-order valence-corrected chi connectivity index (χ4v) is 2.64. The number of likely N-dealkylation sites (tertiary alicyclic amines) is 1. The molecular weight excluding hydrogens is 294 g/mol. The van der Waals surface area contributed by atoms with Gasteiger partial charge in [-0.05, 0) is 38.7 Å².